The Hall–Kier alpha value is -0.610. The Morgan fingerprint density at radius 3 is 2.18 bits per heavy atom. The molecule has 64 valence electrons. The number of hydrazine groups is 1. The molecule has 0 heterocycles. The van der Waals surface area contributed by atoms with Crippen LogP contribution >= 0.6 is 0 Å². The fourth-order valence-corrected chi connectivity index (χ4v) is 1.58. The van der Waals surface area contributed by atoms with Gasteiger partial charge in [-0.05, 0) is 12.8 Å². The van der Waals surface area contributed by atoms with Crippen molar-refractivity contribution < 1.29 is 9.90 Å². The number of hydrogen-bond acceptors (Lipinski definition) is 3. The van der Waals surface area contributed by atoms with Gasteiger partial charge in [0.05, 0.1) is 0 Å². The number of rotatable bonds is 2. The van der Waals surface area contributed by atoms with Crippen molar-refractivity contribution in [3.8, 4) is 0 Å². The standard InChI is InChI=1S/C7H14N2O2/c8-9-7(6(10)11)4-2-1-3-5-7/h9H,1-5,8H2,(H,10,11). The van der Waals surface area contributed by atoms with Crippen molar-refractivity contribution in [1.29, 1.82) is 0 Å². The molecule has 0 aromatic carbocycles. The molecule has 0 amide bonds. The van der Waals surface area contributed by atoms with E-state index in [9.17, 15) is 4.79 Å². The van der Waals surface area contributed by atoms with Crippen LogP contribution in [0.5, 0.6) is 0 Å². The van der Waals surface area contributed by atoms with Gasteiger partial charge in [0.15, 0.2) is 0 Å². The zero-order valence-corrected chi connectivity index (χ0v) is 6.47. The molecule has 1 aliphatic rings. The number of aliphatic carboxylic acids is 1. The van der Waals surface area contributed by atoms with Gasteiger partial charge in [0.1, 0.15) is 5.54 Å². The molecule has 1 saturated carbocycles. The lowest BCUT2D eigenvalue weighted by atomic mass is 9.82. The average molecular weight is 158 g/mol. The largest absolute Gasteiger partial charge is 0.480 e. The third-order valence-corrected chi connectivity index (χ3v) is 2.39. The van der Waals surface area contributed by atoms with Crippen molar-refractivity contribution in [3.63, 3.8) is 0 Å². The highest BCUT2D eigenvalue weighted by Gasteiger charge is 2.38. The van der Waals surface area contributed by atoms with Crippen LogP contribution in [0.25, 0.3) is 0 Å². The molecule has 0 aromatic heterocycles. The molecule has 4 nitrogen and oxygen atoms in total. The van der Waals surface area contributed by atoms with E-state index in [0.717, 1.165) is 19.3 Å². The molecule has 0 unspecified atom stereocenters. The summed E-state index contributed by atoms with van der Waals surface area (Å²) in [7, 11) is 0. The van der Waals surface area contributed by atoms with Crippen molar-refractivity contribution >= 4 is 5.97 Å². The molecule has 1 rings (SSSR count). The van der Waals surface area contributed by atoms with Gasteiger partial charge in [-0.2, -0.15) is 0 Å². The van der Waals surface area contributed by atoms with E-state index in [1.165, 1.54) is 0 Å². The minimum Gasteiger partial charge on any atom is -0.480 e. The maximum Gasteiger partial charge on any atom is 0.325 e. The number of hydrogen-bond donors (Lipinski definition) is 3. The highest BCUT2D eigenvalue weighted by Crippen LogP contribution is 2.27. The van der Waals surface area contributed by atoms with Gasteiger partial charge in [0.2, 0.25) is 0 Å². The lowest BCUT2D eigenvalue weighted by Gasteiger charge is -2.31. The van der Waals surface area contributed by atoms with Gasteiger partial charge in [-0.25, -0.2) is 5.43 Å². The lowest BCUT2D eigenvalue weighted by molar-refractivity contribution is -0.146. The van der Waals surface area contributed by atoms with Crippen LogP contribution in [0.1, 0.15) is 32.1 Å². The van der Waals surface area contributed by atoms with Gasteiger partial charge in [-0.3, -0.25) is 10.6 Å². The summed E-state index contributed by atoms with van der Waals surface area (Å²) < 4.78 is 0. The first-order valence-corrected chi connectivity index (χ1v) is 3.92. The number of carboxylic acids is 1. The smallest absolute Gasteiger partial charge is 0.325 e. The summed E-state index contributed by atoms with van der Waals surface area (Å²) >= 11 is 0. The Labute approximate surface area is 65.7 Å². The summed E-state index contributed by atoms with van der Waals surface area (Å²) in [6.07, 6.45) is 4.33. The monoisotopic (exact) mass is 158 g/mol. The van der Waals surface area contributed by atoms with E-state index in [1.54, 1.807) is 0 Å². The Bertz CT molecular complexity index is 153. The first-order valence-electron chi connectivity index (χ1n) is 3.92. The maximum absolute atomic E-state index is 10.8. The van der Waals surface area contributed by atoms with E-state index >= 15 is 0 Å². The summed E-state index contributed by atoms with van der Waals surface area (Å²) in [5.41, 5.74) is 1.58. The van der Waals surface area contributed by atoms with Crippen LogP contribution in [-0.2, 0) is 4.79 Å². The van der Waals surface area contributed by atoms with Gasteiger partial charge in [0, 0.05) is 0 Å². The SMILES string of the molecule is NNC1(C(=O)O)CCCCC1. The van der Waals surface area contributed by atoms with Crippen LogP contribution in [0.2, 0.25) is 0 Å². The van der Waals surface area contributed by atoms with Crippen LogP contribution in [0.15, 0.2) is 0 Å². The first-order chi connectivity index (χ1) is 5.21. The molecular weight excluding hydrogens is 144 g/mol. The predicted octanol–water partition coefficient (Wildman–Crippen LogP) is 0.237. The van der Waals surface area contributed by atoms with Crippen LogP contribution in [0.4, 0.5) is 0 Å². The third-order valence-electron chi connectivity index (χ3n) is 2.39. The van der Waals surface area contributed by atoms with E-state index in [-0.39, 0.29) is 0 Å². The number of carbonyl (C=O) groups is 1. The zero-order valence-electron chi connectivity index (χ0n) is 6.47. The molecule has 0 saturated heterocycles. The molecule has 4 N–H and O–H groups in total. The molecule has 0 aromatic rings. The predicted molar refractivity (Wildman–Crippen MR) is 40.8 cm³/mol. The molecule has 0 aliphatic heterocycles. The maximum atomic E-state index is 10.8. The molecular formula is C7H14N2O2. The van der Waals surface area contributed by atoms with Crippen molar-refractivity contribution in [3.05, 3.63) is 0 Å². The number of nitrogens with two attached hydrogens (primary N) is 1. The van der Waals surface area contributed by atoms with Crippen LogP contribution in [0.3, 0.4) is 0 Å². The van der Waals surface area contributed by atoms with Crippen LogP contribution < -0.4 is 11.3 Å². The fourth-order valence-electron chi connectivity index (χ4n) is 1.58. The molecule has 1 fully saturated rings. The second kappa shape index (κ2) is 3.19. The van der Waals surface area contributed by atoms with E-state index in [2.05, 4.69) is 5.43 Å². The first kappa shape index (κ1) is 8.49. The highest BCUT2D eigenvalue weighted by atomic mass is 16.4. The summed E-state index contributed by atoms with van der Waals surface area (Å²) in [4.78, 5) is 10.8. The summed E-state index contributed by atoms with van der Waals surface area (Å²) in [6, 6.07) is 0. The van der Waals surface area contributed by atoms with Gasteiger partial charge < -0.3 is 5.11 Å². The van der Waals surface area contributed by atoms with Crippen molar-refractivity contribution in [1.82, 2.24) is 5.43 Å². The fraction of sp³-hybridized carbons (Fsp3) is 0.857. The molecule has 0 bridgehead atoms. The van der Waals surface area contributed by atoms with Gasteiger partial charge in [-0.15, -0.1) is 0 Å². The topological polar surface area (TPSA) is 75.3 Å². The molecule has 0 radical (unpaired) electrons. The summed E-state index contributed by atoms with van der Waals surface area (Å²) in [5.74, 6) is 4.39. The molecule has 0 spiro atoms. The average Bonchev–Trinajstić information content (AvgIpc) is 2.05. The summed E-state index contributed by atoms with van der Waals surface area (Å²) in [5, 5.41) is 8.85. The minimum absolute atomic E-state index is 0.652. The number of nitrogens with one attached hydrogen (secondary N) is 1. The molecule has 4 heteroatoms. The normalized spacial score (nSPS) is 23.0. The Morgan fingerprint density at radius 2 is 1.91 bits per heavy atom. The van der Waals surface area contributed by atoms with E-state index in [1.807, 2.05) is 0 Å². The summed E-state index contributed by atoms with van der Waals surface area (Å²) in [6.45, 7) is 0. The molecule has 0 atom stereocenters. The molecule has 11 heavy (non-hydrogen) atoms. The number of carboxylic acid groups (broad SMARTS) is 1. The van der Waals surface area contributed by atoms with Crippen LogP contribution in [0, 0.1) is 0 Å². The highest BCUT2D eigenvalue weighted by molar-refractivity contribution is 5.78. The Morgan fingerprint density at radius 1 is 1.36 bits per heavy atom. The van der Waals surface area contributed by atoms with E-state index in [4.69, 9.17) is 10.9 Å². The van der Waals surface area contributed by atoms with Crippen molar-refractivity contribution in [2.45, 2.75) is 37.6 Å². The molecule has 1 aliphatic carbocycles. The minimum atomic E-state index is -0.835. The Balaban J connectivity index is 2.64. The van der Waals surface area contributed by atoms with Gasteiger partial charge in [0.25, 0.3) is 0 Å². The van der Waals surface area contributed by atoms with E-state index in [0.29, 0.717) is 12.8 Å². The third kappa shape index (κ3) is 1.52. The van der Waals surface area contributed by atoms with Crippen molar-refractivity contribution in [2.75, 3.05) is 0 Å². The van der Waals surface area contributed by atoms with Crippen LogP contribution in [-0.4, -0.2) is 16.6 Å². The Kier molecular flexibility index (Phi) is 2.46. The van der Waals surface area contributed by atoms with E-state index < -0.39 is 11.5 Å². The zero-order chi connectivity index (χ0) is 8.32. The van der Waals surface area contributed by atoms with Gasteiger partial charge >= 0.3 is 5.97 Å². The van der Waals surface area contributed by atoms with Crippen molar-refractivity contribution in [2.24, 2.45) is 5.84 Å². The lowest BCUT2D eigenvalue weighted by Crippen LogP contribution is -2.56. The second-order valence-corrected chi connectivity index (χ2v) is 3.09. The quantitative estimate of drug-likeness (QED) is 0.397. The van der Waals surface area contributed by atoms with Gasteiger partial charge in [-0.1, -0.05) is 19.3 Å². The second-order valence-electron chi connectivity index (χ2n) is 3.09.